The average molecular weight is 283 g/mol. The van der Waals surface area contributed by atoms with Crippen molar-refractivity contribution in [1.29, 1.82) is 0 Å². The van der Waals surface area contributed by atoms with Crippen molar-refractivity contribution in [2.75, 3.05) is 13.2 Å². The molecule has 1 aliphatic heterocycles. The molecule has 2 unspecified atom stereocenters. The molecular weight excluding hydrogens is 262 g/mol. The van der Waals surface area contributed by atoms with E-state index in [0.717, 1.165) is 30.7 Å². The Labute approximate surface area is 118 Å². The number of carbonyl (C=O) groups is 1. The van der Waals surface area contributed by atoms with Crippen molar-refractivity contribution in [2.24, 2.45) is 0 Å². The van der Waals surface area contributed by atoms with E-state index in [1.807, 2.05) is 6.92 Å². The smallest absolute Gasteiger partial charge is 0.335 e. The molecule has 0 aliphatic carbocycles. The lowest BCUT2D eigenvalue weighted by Gasteiger charge is -2.15. The predicted molar refractivity (Wildman–Crippen MR) is 70.2 cm³/mol. The molecule has 1 saturated heterocycles. The molecule has 0 radical (unpaired) electrons. The van der Waals surface area contributed by atoms with Crippen LogP contribution >= 0.6 is 0 Å². The van der Waals surface area contributed by atoms with Crippen molar-refractivity contribution in [3.63, 3.8) is 0 Å². The molecule has 1 aromatic heterocycles. The molecule has 2 rings (SSSR count). The lowest BCUT2D eigenvalue weighted by Crippen LogP contribution is -2.27. The van der Waals surface area contributed by atoms with E-state index in [0.29, 0.717) is 12.4 Å². The number of carbonyl (C=O) groups excluding carboxylic acids is 1. The van der Waals surface area contributed by atoms with Gasteiger partial charge in [0.1, 0.15) is 12.4 Å². The molecule has 1 aromatic rings. The lowest BCUT2D eigenvalue weighted by atomic mass is 10.2. The standard InChI is InChI=1S/C14H21NO5/c1-9-13(10(2)20-15-9)8-19-14(16)11(3)18-7-12-5-4-6-17-12/h11-12H,4-8H2,1-3H3. The van der Waals surface area contributed by atoms with Gasteiger partial charge in [-0.15, -0.1) is 0 Å². The third-order valence-corrected chi connectivity index (χ3v) is 3.43. The van der Waals surface area contributed by atoms with Crippen LogP contribution in [0.25, 0.3) is 0 Å². The Morgan fingerprint density at radius 3 is 2.90 bits per heavy atom. The average Bonchev–Trinajstić information content (AvgIpc) is 3.05. The molecule has 0 saturated carbocycles. The lowest BCUT2D eigenvalue weighted by molar-refractivity contribution is -0.159. The van der Waals surface area contributed by atoms with Crippen LogP contribution in [-0.4, -0.2) is 36.5 Å². The number of nitrogens with zero attached hydrogens (tertiary/aromatic N) is 1. The molecule has 112 valence electrons. The second-order valence-electron chi connectivity index (χ2n) is 5.02. The number of rotatable bonds is 6. The van der Waals surface area contributed by atoms with Gasteiger partial charge in [0.05, 0.1) is 24.0 Å². The van der Waals surface area contributed by atoms with E-state index in [2.05, 4.69) is 5.16 Å². The van der Waals surface area contributed by atoms with E-state index < -0.39 is 6.10 Å². The van der Waals surface area contributed by atoms with Gasteiger partial charge >= 0.3 is 5.97 Å². The maximum Gasteiger partial charge on any atom is 0.335 e. The maximum absolute atomic E-state index is 11.8. The highest BCUT2D eigenvalue weighted by atomic mass is 16.6. The molecule has 1 fully saturated rings. The zero-order chi connectivity index (χ0) is 14.5. The molecule has 0 aromatic carbocycles. The summed E-state index contributed by atoms with van der Waals surface area (Å²) < 4.78 is 21.1. The first-order valence-corrected chi connectivity index (χ1v) is 6.89. The minimum Gasteiger partial charge on any atom is -0.459 e. The first-order chi connectivity index (χ1) is 9.58. The first-order valence-electron chi connectivity index (χ1n) is 6.89. The Hall–Kier alpha value is -1.40. The third-order valence-electron chi connectivity index (χ3n) is 3.43. The largest absolute Gasteiger partial charge is 0.459 e. The van der Waals surface area contributed by atoms with E-state index in [9.17, 15) is 4.79 Å². The van der Waals surface area contributed by atoms with Gasteiger partial charge in [0.25, 0.3) is 0 Å². The highest BCUT2D eigenvalue weighted by Crippen LogP contribution is 2.15. The van der Waals surface area contributed by atoms with Crippen molar-refractivity contribution in [2.45, 2.75) is 52.4 Å². The van der Waals surface area contributed by atoms with E-state index in [4.69, 9.17) is 18.7 Å². The SMILES string of the molecule is Cc1noc(C)c1COC(=O)C(C)OCC1CCCO1. The van der Waals surface area contributed by atoms with Crippen LogP contribution in [-0.2, 0) is 25.6 Å². The van der Waals surface area contributed by atoms with Gasteiger partial charge in [0, 0.05) is 6.61 Å². The van der Waals surface area contributed by atoms with Crippen LogP contribution in [0.3, 0.4) is 0 Å². The molecule has 0 bridgehead atoms. The second-order valence-corrected chi connectivity index (χ2v) is 5.02. The van der Waals surface area contributed by atoms with Gasteiger partial charge in [0.2, 0.25) is 0 Å². The van der Waals surface area contributed by atoms with Crippen molar-refractivity contribution >= 4 is 5.97 Å². The molecular formula is C14H21NO5. The fourth-order valence-electron chi connectivity index (χ4n) is 2.06. The summed E-state index contributed by atoms with van der Waals surface area (Å²) in [5.41, 5.74) is 1.55. The van der Waals surface area contributed by atoms with Gasteiger partial charge in [-0.2, -0.15) is 0 Å². The predicted octanol–water partition coefficient (Wildman–Crippen LogP) is 1.92. The van der Waals surface area contributed by atoms with Gasteiger partial charge in [-0.1, -0.05) is 5.16 Å². The molecule has 0 spiro atoms. The molecule has 2 heterocycles. The maximum atomic E-state index is 11.8. The Bertz CT molecular complexity index is 431. The van der Waals surface area contributed by atoms with Crippen molar-refractivity contribution in [3.8, 4) is 0 Å². The number of ether oxygens (including phenoxy) is 3. The number of aromatic nitrogens is 1. The Kier molecular flexibility index (Phi) is 5.14. The van der Waals surface area contributed by atoms with Gasteiger partial charge < -0.3 is 18.7 Å². The van der Waals surface area contributed by atoms with Crippen molar-refractivity contribution < 1.29 is 23.5 Å². The number of hydrogen-bond acceptors (Lipinski definition) is 6. The summed E-state index contributed by atoms with van der Waals surface area (Å²) in [5.74, 6) is 0.284. The topological polar surface area (TPSA) is 70.8 Å². The highest BCUT2D eigenvalue weighted by molar-refractivity contribution is 5.74. The second kappa shape index (κ2) is 6.85. The molecule has 0 N–H and O–H groups in total. The van der Waals surface area contributed by atoms with Crippen molar-refractivity contribution in [3.05, 3.63) is 17.0 Å². The minimum absolute atomic E-state index is 0.104. The van der Waals surface area contributed by atoms with E-state index in [1.165, 1.54) is 0 Å². The monoisotopic (exact) mass is 283 g/mol. The Morgan fingerprint density at radius 2 is 2.30 bits per heavy atom. The van der Waals surface area contributed by atoms with Crippen LogP contribution < -0.4 is 0 Å². The van der Waals surface area contributed by atoms with Crippen LogP contribution in [0.2, 0.25) is 0 Å². The Balaban J connectivity index is 1.73. The molecule has 20 heavy (non-hydrogen) atoms. The molecule has 1 aliphatic rings. The third kappa shape index (κ3) is 3.80. The fraction of sp³-hybridized carbons (Fsp3) is 0.714. The van der Waals surface area contributed by atoms with Crippen LogP contribution in [0, 0.1) is 13.8 Å². The summed E-state index contributed by atoms with van der Waals surface area (Å²) in [6.07, 6.45) is 1.55. The molecule has 2 atom stereocenters. The van der Waals surface area contributed by atoms with Crippen LogP contribution in [0.15, 0.2) is 4.52 Å². The quantitative estimate of drug-likeness (QED) is 0.743. The van der Waals surface area contributed by atoms with E-state index >= 15 is 0 Å². The molecule has 6 nitrogen and oxygen atoms in total. The molecule has 0 amide bonds. The number of aryl methyl sites for hydroxylation is 2. The summed E-state index contributed by atoms with van der Waals surface area (Å²) >= 11 is 0. The van der Waals surface area contributed by atoms with E-state index in [1.54, 1.807) is 13.8 Å². The van der Waals surface area contributed by atoms with Crippen LogP contribution in [0.4, 0.5) is 0 Å². The summed E-state index contributed by atoms with van der Waals surface area (Å²) in [5, 5.41) is 3.81. The van der Waals surface area contributed by atoms with Crippen LogP contribution in [0.5, 0.6) is 0 Å². The van der Waals surface area contributed by atoms with E-state index in [-0.39, 0.29) is 18.7 Å². The van der Waals surface area contributed by atoms with Crippen molar-refractivity contribution in [1.82, 2.24) is 5.16 Å². The number of hydrogen-bond donors (Lipinski definition) is 0. The van der Waals surface area contributed by atoms with Gasteiger partial charge in [0.15, 0.2) is 6.10 Å². The summed E-state index contributed by atoms with van der Waals surface area (Å²) in [7, 11) is 0. The first kappa shape index (κ1) is 15.0. The Morgan fingerprint density at radius 1 is 1.50 bits per heavy atom. The van der Waals surface area contributed by atoms with Gasteiger partial charge in [-0.05, 0) is 33.6 Å². The van der Waals surface area contributed by atoms with Crippen LogP contribution in [0.1, 0.15) is 36.8 Å². The summed E-state index contributed by atoms with van der Waals surface area (Å²) in [6, 6.07) is 0. The normalized spacial score (nSPS) is 20.1. The summed E-state index contributed by atoms with van der Waals surface area (Å²) in [4.78, 5) is 11.8. The minimum atomic E-state index is -0.598. The fourth-order valence-corrected chi connectivity index (χ4v) is 2.06. The molecule has 6 heteroatoms. The highest BCUT2D eigenvalue weighted by Gasteiger charge is 2.21. The van der Waals surface area contributed by atoms with Gasteiger partial charge in [-0.3, -0.25) is 0 Å². The summed E-state index contributed by atoms with van der Waals surface area (Å²) in [6.45, 7) is 6.66. The zero-order valence-electron chi connectivity index (χ0n) is 12.2. The number of esters is 1. The zero-order valence-corrected chi connectivity index (χ0v) is 12.2. The van der Waals surface area contributed by atoms with Gasteiger partial charge in [-0.25, -0.2) is 4.79 Å².